The van der Waals surface area contributed by atoms with Gasteiger partial charge in [0.25, 0.3) is 0 Å². The molecule has 1 aromatic heterocycles. The monoisotopic (exact) mass is 272 g/mol. The molecule has 1 rings (SSSR count). The summed E-state index contributed by atoms with van der Waals surface area (Å²) in [4.78, 5) is 7.93. The van der Waals surface area contributed by atoms with Crippen molar-refractivity contribution in [1.29, 1.82) is 0 Å². The highest BCUT2D eigenvalue weighted by molar-refractivity contribution is 7.89. The van der Waals surface area contributed by atoms with Crippen LogP contribution in [0.15, 0.2) is 17.3 Å². The van der Waals surface area contributed by atoms with Crippen molar-refractivity contribution in [2.75, 3.05) is 26.0 Å². The van der Waals surface area contributed by atoms with Crippen LogP contribution in [0.4, 0.5) is 5.95 Å². The minimum atomic E-state index is -3.52. The molecule has 1 aromatic rings. The molecule has 0 unspecified atom stereocenters. The summed E-state index contributed by atoms with van der Waals surface area (Å²) < 4.78 is 25.8. The van der Waals surface area contributed by atoms with E-state index in [1.807, 2.05) is 20.8 Å². The Morgan fingerprint density at radius 1 is 1.28 bits per heavy atom. The second-order valence-corrected chi connectivity index (χ2v) is 7.36. The lowest BCUT2D eigenvalue weighted by atomic mass is 9.97. The maximum atomic E-state index is 12.2. The van der Waals surface area contributed by atoms with Crippen LogP contribution in [-0.2, 0) is 10.0 Å². The molecule has 0 bridgehead atoms. The number of hydrogen-bond donors (Lipinski definition) is 1. The van der Waals surface area contributed by atoms with Crippen molar-refractivity contribution < 1.29 is 8.42 Å². The third-order valence-corrected chi connectivity index (χ3v) is 4.01. The molecule has 0 saturated carbocycles. The molecule has 0 aliphatic carbocycles. The maximum Gasteiger partial charge on any atom is 0.245 e. The topological polar surface area (TPSA) is 75.2 Å². The van der Waals surface area contributed by atoms with Crippen molar-refractivity contribution in [3.8, 4) is 0 Å². The van der Waals surface area contributed by atoms with Crippen molar-refractivity contribution in [1.82, 2.24) is 14.3 Å². The summed E-state index contributed by atoms with van der Waals surface area (Å²) in [5.41, 5.74) is -0.104. The number of anilines is 1. The van der Waals surface area contributed by atoms with Gasteiger partial charge in [-0.1, -0.05) is 20.8 Å². The Bertz CT molecular complexity index is 491. The van der Waals surface area contributed by atoms with E-state index in [2.05, 4.69) is 15.3 Å². The first-order chi connectivity index (χ1) is 8.16. The highest BCUT2D eigenvalue weighted by atomic mass is 32.2. The van der Waals surface area contributed by atoms with Crippen LogP contribution in [0.1, 0.15) is 20.8 Å². The molecule has 0 amide bonds. The third kappa shape index (κ3) is 3.64. The fraction of sp³-hybridized carbons (Fsp3) is 0.636. The van der Waals surface area contributed by atoms with E-state index < -0.39 is 10.0 Å². The first-order valence-electron chi connectivity index (χ1n) is 5.63. The smallest absolute Gasteiger partial charge is 0.245 e. The van der Waals surface area contributed by atoms with Gasteiger partial charge in [-0.15, -0.1) is 0 Å². The van der Waals surface area contributed by atoms with Crippen LogP contribution in [0.2, 0.25) is 0 Å². The van der Waals surface area contributed by atoms with Gasteiger partial charge in [-0.05, 0) is 5.41 Å². The molecule has 0 radical (unpaired) electrons. The van der Waals surface area contributed by atoms with E-state index in [4.69, 9.17) is 0 Å². The molecule has 1 heterocycles. The zero-order chi connectivity index (χ0) is 14.0. The number of rotatable bonds is 4. The van der Waals surface area contributed by atoms with Gasteiger partial charge in [0.2, 0.25) is 16.0 Å². The van der Waals surface area contributed by atoms with Crippen LogP contribution >= 0.6 is 0 Å². The summed E-state index contributed by atoms with van der Waals surface area (Å²) in [6.45, 7) is 6.39. The molecular weight excluding hydrogens is 252 g/mol. The van der Waals surface area contributed by atoms with Gasteiger partial charge >= 0.3 is 0 Å². The van der Waals surface area contributed by atoms with Gasteiger partial charge in [0.05, 0.1) is 12.4 Å². The Balaban J connectivity index is 2.98. The highest BCUT2D eigenvalue weighted by Crippen LogP contribution is 2.20. The average Bonchev–Trinajstić information content (AvgIpc) is 2.27. The van der Waals surface area contributed by atoms with Crippen LogP contribution < -0.4 is 5.32 Å². The van der Waals surface area contributed by atoms with E-state index in [-0.39, 0.29) is 10.3 Å². The van der Waals surface area contributed by atoms with E-state index in [1.165, 1.54) is 16.7 Å². The zero-order valence-electron chi connectivity index (χ0n) is 11.4. The normalized spacial score (nSPS) is 12.8. The van der Waals surface area contributed by atoms with Gasteiger partial charge in [-0.25, -0.2) is 22.7 Å². The number of aromatic nitrogens is 2. The van der Waals surface area contributed by atoms with Crippen molar-refractivity contribution in [2.24, 2.45) is 5.41 Å². The summed E-state index contributed by atoms with van der Waals surface area (Å²) in [5.74, 6) is 0.396. The number of hydrogen-bond acceptors (Lipinski definition) is 5. The van der Waals surface area contributed by atoms with Crippen LogP contribution in [0, 0.1) is 5.41 Å². The predicted octanol–water partition coefficient (Wildman–Crippen LogP) is 1.18. The molecule has 1 N–H and O–H groups in total. The first kappa shape index (κ1) is 14.8. The molecular formula is C11H20N4O2S. The molecule has 6 nitrogen and oxygen atoms in total. The Labute approximate surface area is 108 Å². The molecule has 0 atom stereocenters. The highest BCUT2D eigenvalue weighted by Gasteiger charge is 2.25. The molecule has 0 aliphatic heterocycles. The quantitative estimate of drug-likeness (QED) is 0.891. The van der Waals surface area contributed by atoms with Crippen LogP contribution in [-0.4, -0.2) is 43.3 Å². The van der Waals surface area contributed by atoms with Gasteiger partial charge in [0.15, 0.2) is 0 Å². The van der Waals surface area contributed by atoms with Gasteiger partial charge in [-0.2, -0.15) is 0 Å². The Hall–Kier alpha value is -1.21. The number of nitrogens with zero attached hydrogens (tertiary/aromatic N) is 3. The summed E-state index contributed by atoms with van der Waals surface area (Å²) in [6.07, 6.45) is 2.63. The fourth-order valence-corrected chi connectivity index (χ4v) is 2.80. The molecule has 102 valence electrons. The standard InChI is InChI=1S/C11H20N4O2S/c1-11(2,3)8-15(5)18(16,17)9-6-13-10(12-4)14-7-9/h6-7H,8H2,1-5H3,(H,12,13,14). The number of sulfonamides is 1. The molecule has 0 saturated heterocycles. The second-order valence-electron chi connectivity index (χ2n) is 5.31. The van der Waals surface area contributed by atoms with Gasteiger partial charge in [0, 0.05) is 20.6 Å². The largest absolute Gasteiger partial charge is 0.357 e. The van der Waals surface area contributed by atoms with Crippen LogP contribution in [0.3, 0.4) is 0 Å². The van der Waals surface area contributed by atoms with Gasteiger partial charge in [0.1, 0.15) is 4.90 Å². The Morgan fingerprint density at radius 3 is 2.17 bits per heavy atom. The lowest BCUT2D eigenvalue weighted by molar-refractivity contribution is 0.310. The Kier molecular flexibility index (Phi) is 4.28. The maximum absolute atomic E-state index is 12.2. The van der Waals surface area contributed by atoms with E-state index in [1.54, 1.807) is 14.1 Å². The van der Waals surface area contributed by atoms with Crippen molar-refractivity contribution in [2.45, 2.75) is 25.7 Å². The van der Waals surface area contributed by atoms with E-state index in [9.17, 15) is 8.42 Å². The van der Waals surface area contributed by atoms with Crippen LogP contribution in [0.25, 0.3) is 0 Å². The summed E-state index contributed by atoms with van der Waals surface area (Å²) >= 11 is 0. The SMILES string of the molecule is CNc1ncc(S(=O)(=O)N(C)CC(C)(C)C)cn1. The molecule has 7 heteroatoms. The average molecular weight is 272 g/mol. The van der Waals surface area contributed by atoms with Crippen molar-refractivity contribution in [3.05, 3.63) is 12.4 Å². The molecule has 0 aliphatic rings. The van der Waals surface area contributed by atoms with Crippen LogP contribution in [0.5, 0.6) is 0 Å². The molecule has 0 fully saturated rings. The van der Waals surface area contributed by atoms with E-state index in [0.29, 0.717) is 12.5 Å². The van der Waals surface area contributed by atoms with Crippen molar-refractivity contribution in [3.63, 3.8) is 0 Å². The molecule has 18 heavy (non-hydrogen) atoms. The first-order valence-corrected chi connectivity index (χ1v) is 7.07. The van der Waals surface area contributed by atoms with E-state index in [0.717, 1.165) is 0 Å². The molecule has 0 aromatic carbocycles. The summed E-state index contributed by atoms with van der Waals surface area (Å²) in [5, 5.41) is 2.74. The van der Waals surface area contributed by atoms with Gasteiger partial charge in [-0.3, -0.25) is 0 Å². The number of nitrogens with one attached hydrogen (secondary N) is 1. The fourth-order valence-electron chi connectivity index (χ4n) is 1.51. The second kappa shape index (κ2) is 5.19. The van der Waals surface area contributed by atoms with E-state index >= 15 is 0 Å². The zero-order valence-corrected chi connectivity index (χ0v) is 12.2. The summed E-state index contributed by atoms with van der Waals surface area (Å²) in [6, 6.07) is 0. The lowest BCUT2D eigenvalue weighted by Crippen LogP contribution is -2.34. The minimum absolute atomic E-state index is 0.104. The molecule has 0 spiro atoms. The third-order valence-electron chi connectivity index (χ3n) is 2.26. The summed E-state index contributed by atoms with van der Waals surface area (Å²) in [7, 11) is -0.279. The van der Waals surface area contributed by atoms with Crippen molar-refractivity contribution >= 4 is 16.0 Å². The lowest BCUT2D eigenvalue weighted by Gasteiger charge is -2.25. The predicted molar refractivity (Wildman–Crippen MR) is 70.8 cm³/mol. The van der Waals surface area contributed by atoms with Gasteiger partial charge < -0.3 is 5.32 Å². The minimum Gasteiger partial charge on any atom is -0.357 e. The Morgan fingerprint density at radius 2 is 1.78 bits per heavy atom.